The van der Waals surface area contributed by atoms with Crippen molar-refractivity contribution in [2.24, 2.45) is 0 Å². The van der Waals surface area contributed by atoms with Crippen molar-refractivity contribution >= 4 is 18.8 Å². The molecule has 0 aromatic heterocycles. The molecule has 0 aliphatic heterocycles. The van der Waals surface area contributed by atoms with E-state index in [0.29, 0.717) is 0 Å². The van der Waals surface area contributed by atoms with Crippen LogP contribution < -0.4 is 0 Å². The van der Waals surface area contributed by atoms with Gasteiger partial charge in [-0.2, -0.15) is 0 Å². The van der Waals surface area contributed by atoms with E-state index in [9.17, 15) is 0 Å². The number of hydrogen-bond donors (Lipinski definition) is 0. The Morgan fingerprint density at radius 2 is 1.19 bits per heavy atom. The van der Waals surface area contributed by atoms with Crippen molar-refractivity contribution < 1.29 is 3.07 Å². The van der Waals surface area contributed by atoms with Crippen LogP contribution in [0.15, 0.2) is 0 Å². The van der Waals surface area contributed by atoms with Gasteiger partial charge < -0.3 is 0 Å². The SMILES string of the molecule is CCC[CH2][Sn]([CH2]CCC)([CH2]CCC)[O]CC(C)(C)N(C)C. The first-order valence-electron chi connectivity index (χ1n) is 9.15. The summed E-state index contributed by atoms with van der Waals surface area (Å²) in [6, 6.07) is 0. The van der Waals surface area contributed by atoms with Gasteiger partial charge in [-0.1, -0.05) is 0 Å². The third-order valence-electron chi connectivity index (χ3n) is 4.90. The summed E-state index contributed by atoms with van der Waals surface area (Å²) in [4.78, 5) is 2.31. The van der Waals surface area contributed by atoms with E-state index in [4.69, 9.17) is 3.07 Å². The second-order valence-electron chi connectivity index (χ2n) is 7.49. The van der Waals surface area contributed by atoms with E-state index in [-0.39, 0.29) is 5.54 Å². The maximum absolute atomic E-state index is 6.83. The van der Waals surface area contributed by atoms with Gasteiger partial charge in [-0.3, -0.25) is 0 Å². The van der Waals surface area contributed by atoms with Gasteiger partial charge in [-0.15, -0.1) is 0 Å². The van der Waals surface area contributed by atoms with Gasteiger partial charge in [-0.05, 0) is 0 Å². The van der Waals surface area contributed by atoms with Crippen LogP contribution >= 0.6 is 0 Å². The summed E-state index contributed by atoms with van der Waals surface area (Å²) < 4.78 is 11.1. The predicted molar refractivity (Wildman–Crippen MR) is 98.6 cm³/mol. The van der Waals surface area contributed by atoms with E-state index in [1.54, 1.807) is 0 Å². The third-order valence-corrected chi connectivity index (χ3v) is 17.9. The maximum atomic E-state index is 6.83. The van der Waals surface area contributed by atoms with E-state index in [2.05, 4.69) is 53.6 Å². The van der Waals surface area contributed by atoms with Crippen LogP contribution in [0.3, 0.4) is 0 Å². The molecule has 21 heavy (non-hydrogen) atoms. The summed E-state index contributed by atoms with van der Waals surface area (Å²) in [5.41, 5.74) is 0.160. The number of nitrogens with zero attached hydrogens (tertiary/aromatic N) is 1. The fourth-order valence-electron chi connectivity index (χ4n) is 2.55. The van der Waals surface area contributed by atoms with Gasteiger partial charge in [0.05, 0.1) is 0 Å². The second-order valence-corrected chi connectivity index (χ2v) is 19.3. The molecule has 0 radical (unpaired) electrons. The molecule has 0 saturated carbocycles. The summed E-state index contributed by atoms with van der Waals surface area (Å²) in [6.45, 7) is 12.5. The molecule has 0 aliphatic carbocycles. The van der Waals surface area contributed by atoms with Crippen molar-refractivity contribution in [2.75, 3.05) is 20.7 Å². The van der Waals surface area contributed by atoms with E-state index in [1.165, 1.54) is 51.8 Å². The first kappa shape index (κ1) is 21.7. The quantitative estimate of drug-likeness (QED) is 0.365. The van der Waals surface area contributed by atoms with E-state index in [1.807, 2.05) is 0 Å². The Balaban J connectivity index is 4.85. The molecule has 0 heterocycles. The molecule has 0 saturated heterocycles. The standard InChI is InChI=1S/C6H14NO.3C4H9.Sn/c1-6(2,5-8)7(3)4;3*1-3-4-2;/h5H2,1-4H3;3*1,3-4H2,2H3;/q-1;;;;+1. The van der Waals surface area contributed by atoms with Crippen LogP contribution in [0.4, 0.5) is 0 Å². The molecular weight excluding hydrogens is 365 g/mol. The Kier molecular flexibility index (Phi) is 11.7. The molecule has 128 valence electrons. The number of likely N-dealkylation sites (N-methyl/N-ethyl adjacent to an activating group) is 1. The zero-order chi connectivity index (χ0) is 16.4. The average Bonchev–Trinajstić information content (AvgIpc) is 2.45. The van der Waals surface area contributed by atoms with Gasteiger partial charge >= 0.3 is 139 Å². The first-order valence-corrected chi connectivity index (χ1v) is 16.4. The minimum absolute atomic E-state index is 0.160. The Morgan fingerprint density at radius 3 is 1.48 bits per heavy atom. The van der Waals surface area contributed by atoms with E-state index in [0.717, 1.165) is 6.61 Å². The monoisotopic (exact) mass is 407 g/mol. The van der Waals surface area contributed by atoms with Crippen LogP contribution in [0.25, 0.3) is 0 Å². The van der Waals surface area contributed by atoms with Crippen molar-refractivity contribution in [3.63, 3.8) is 0 Å². The van der Waals surface area contributed by atoms with Crippen molar-refractivity contribution in [3.8, 4) is 0 Å². The van der Waals surface area contributed by atoms with Crippen LogP contribution in [0.5, 0.6) is 0 Å². The Hall–Kier alpha value is 0.719. The van der Waals surface area contributed by atoms with Crippen molar-refractivity contribution in [2.45, 2.75) is 92.0 Å². The molecule has 0 fully saturated rings. The molecule has 0 aromatic rings. The molecule has 0 unspecified atom stereocenters. The Morgan fingerprint density at radius 1 is 0.810 bits per heavy atom. The van der Waals surface area contributed by atoms with Crippen LogP contribution in [0, 0.1) is 0 Å². The summed E-state index contributed by atoms with van der Waals surface area (Å²) in [7, 11) is 4.34. The second kappa shape index (κ2) is 11.3. The van der Waals surface area contributed by atoms with Crippen LogP contribution in [0.1, 0.15) is 73.1 Å². The van der Waals surface area contributed by atoms with Crippen LogP contribution in [-0.4, -0.2) is 49.9 Å². The Labute approximate surface area is 139 Å². The van der Waals surface area contributed by atoms with Gasteiger partial charge in [0.1, 0.15) is 0 Å². The zero-order valence-corrected chi connectivity index (χ0v) is 18.8. The first-order chi connectivity index (χ1) is 9.83. The van der Waals surface area contributed by atoms with Crippen molar-refractivity contribution in [1.82, 2.24) is 4.90 Å². The van der Waals surface area contributed by atoms with Crippen molar-refractivity contribution in [3.05, 3.63) is 0 Å². The molecule has 0 bridgehead atoms. The van der Waals surface area contributed by atoms with E-state index >= 15 is 0 Å². The topological polar surface area (TPSA) is 12.5 Å². The van der Waals surface area contributed by atoms with Gasteiger partial charge in [0, 0.05) is 0 Å². The summed E-state index contributed by atoms with van der Waals surface area (Å²) in [5, 5.41) is 0. The summed E-state index contributed by atoms with van der Waals surface area (Å²) >= 11 is -2.39. The summed E-state index contributed by atoms with van der Waals surface area (Å²) in [6.07, 6.45) is 8.09. The molecule has 0 spiro atoms. The van der Waals surface area contributed by atoms with Crippen LogP contribution in [-0.2, 0) is 3.07 Å². The van der Waals surface area contributed by atoms with Gasteiger partial charge in [0.15, 0.2) is 0 Å². The molecule has 3 heteroatoms. The van der Waals surface area contributed by atoms with Gasteiger partial charge in [0.25, 0.3) is 0 Å². The number of hydrogen-bond acceptors (Lipinski definition) is 2. The molecule has 0 atom stereocenters. The molecule has 0 N–H and O–H groups in total. The normalized spacial score (nSPS) is 13.1. The predicted octanol–water partition coefficient (Wildman–Crippen LogP) is 5.69. The number of unbranched alkanes of at least 4 members (excludes halogenated alkanes) is 3. The van der Waals surface area contributed by atoms with E-state index < -0.39 is 18.8 Å². The minimum atomic E-state index is -2.39. The van der Waals surface area contributed by atoms with Gasteiger partial charge in [0.2, 0.25) is 0 Å². The number of rotatable bonds is 13. The zero-order valence-electron chi connectivity index (χ0n) is 15.9. The molecule has 0 amide bonds. The molecule has 2 nitrogen and oxygen atoms in total. The van der Waals surface area contributed by atoms with Gasteiger partial charge in [-0.25, -0.2) is 0 Å². The fraction of sp³-hybridized carbons (Fsp3) is 1.00. The molecule has 0 aliphatic rings. The molecular formula is C18H41NOSn. The molecule has 0 aromatic carbocycles. The van der Waals surface area contributed by atoms with Crippen LogP contribution in [0.2, 0.25) is 13.3 Å². The summed E-state index contributed by atoms with van der Waals surface area (Å²) in [5.74, 6) is 0. The van der Waals surface area contributed by atoms with Crippen molar-refractivity contribution in [1.29, 1.82) is 0 Å². The Bertz CT molecular complexity index is 232. The molecule has 0 rings (SSSR count). The fourth-order valence-corrected chi connectivity index (χ4v) is 16.3. The average molecular weight is 406 g/mol. The third kappa shape index (κ3) is 8.80.